The number of rotatable bonds is 6. The van der Waals surface area contributed by atoms with Crippen molar-refractivity contribution in [2.75, 3.05) is 19.0 Å². The predicted molar refractivity (Wildman–Crippen MR) is 105 cm³/mol. The average molecular weight is 400 g/mol. The Morgan fingerprint density at radius 3 is 2.36 bits per heavy atom. The number of benzene rings is 2. The molecule has 144 valence electrons. The average Bonchev–Trinajstić information content (AvgIpc) is 3.10. The summed E-state index contributed by atoms with van der Waals surface area (Å²) in [6.45, 7) is 0.100. The second kappa shape index (κ2) is 8.69. The summed E-state index contributed by atoms with van der Waals surface area (Å²) in [4.78, 5) is 24.1. The van der Waals surface area contributed by atoms with E-state index in [0.29, 0.717) is 27.7 Å². The zero-order chi connectivity index (χ0) is 20.1. The first-order valence-corrected chi connectivity index (χ1v) is 8.84. The molecular weight excluding hydrogens is 382 g/mol. The normalized spacial score (nSPS) is 10.5. The molecule has 0 bridgehead atoms. The molecule has 0 aliphatic heterocycles. The van der Waals surface area contributed by atoms with Crippen LogP contribution >= 0.6 is 11.6 Å². The van der Waals surface area contributed by atoms with Crippen LogP contribution in [0.1, 0.15) is 20.7 Å². The maximum atomic E-state index is 12.6. The third-order valence-electron chi connectivity index (χ3n) is 4.04. The van der Waals surface area contributed by atoms with Crippen LogP contribution in [0.25, 0.3) is 11.3 Å². The first-order valence-electron chi connectivity index (χ1n) is 8.46. The number of carbonyl (C=O) groups is 2. The van der Waals surface area contributed by atoms with Gasteiger partial charge in [-0.25, -0.2) is 9.48 Å². The van der Waals surface area contributed by atoms with Gasteiger partial charge in [-0.2, -0.15) is 5.10 Å². The number of aromatic nitrogens is 2. The van der Waals surface area contributed by atoms with Crippen LogP contribution in [0.4, 0.5) is 5.82 Å². The Labute approximate surface area is 166 Å². The van der Waals surface area contributed by atoms with Gasteiger partial charge in [0.05, 0.1) is 31.5 Å². The number of hydrogen-bond acceptors (Lipinski definition) is 5. The first-order chi connectivity index (χ1) is 13.5. The van der Waals surface area contributed by atoms with Crippen molar-refractivity contribution in [1.29, 1.82) is 0 Å². The molecule has 0 spiro atoms. The van der Waals surface area contributed by atoms with Gasteiger partial charge in [-0.1, -0.05) is 23.7 Å². The van der Waals surface area contributed by atoms with Crippen molar-refractivity contribution in [3.05, 3.63) is 70.7 Å². The fraction of sp³-hybridized carbons (Fsp3) is 0.150. The highest BCUT2D eigenvalue weighted by Crippen LogP contribution is 2.24. The smallest absolute Gasteiger partial charge is 0.337 e. The molecule has 1 amide bonds. The SMILES string of the molecule is COC(=O)c1ccc(C(=O)Nc2cc(-c3ccc(Cl)cc3)nn2CCO)cc1. The maximum Gasteiger partial charge on any atom is 0.337 e. The minimum Gasteiger partial charge on any atom is -0.465 e. The quantitative estimate of drug-likeness (QED) is 0.621. The Bertz CT molecular complexity index is 982. The van der Waals surface area contributed by atoms with Crippen molar-refractivity contribution in [3.63, 3.8) is 0 Å². The molecule has 28 heavy (non-hydrogen) atoms. The van der Waals surface area contributed by atoms with E-state index in [-0.39, 0.29) is 19.1 Å². The summed E-state index contributed by atoms with van der Waals surface area (Å²) in [5, 5.41) is 17.1. The number of carbonyl (C=O) groups excluding carboxylic acids is 2. The van der Waals surface area contributed by atoms with Gasteiger partial charge in [0.25, 0.3) is 5.91 Å². The van der Waals surface area contributed by atoms with E-state index in [1.807, 2.05) is 12.1 Å². The number of amides is 1. The number of nitrogens with zero attached hydrogens (tertiary/aromatic N) is 2. The van der Waals surface area contributed by atoms with Gasteiger partial charge in [0.15, 0.2) is 0 Å². The highest BCUT2D eigenvalue weighted by molar-refractivity contribution is 6.30. The number of halogens is 1. The second-order valence-electron chi connectivity index (χ2n) is 5.89. The minimum atomic E-state index is -0.472. The van der Waals surface area contributed by atoms with E-state index in [9.17, 15) is 14.7 Å². The standard InChI is InChI=1S/C20H18ClN3O4/c1-28-20(27)15-4-2-14(3-5-15)19(26)22-18-12-17(23-24(18)10-11-25)13-6-8-16(21)9-7-13/h2-9,12,25H,10-11H2,1H3,(H,22,26). The van der Waals surface area contributed by atoms with E-state index in [0.717, 1.165) is 5.56 Å². The first kappa shape index (κ1) is 19.6. The van der Waals surface area contributed by atoms with E-state index in [2.05, 4.69) is 15.2 Å². The monoisotopic (exact) mass is 399 g/mol. The fourth-order valence-corrected chi connectivity index (χ4v) is 2.73. The number of esters is 1. The fourth-order valence-electron chi connectivity index (χ4n) is 2.61. The summed E-state index contributed by atoms with van der Waals surface area (Å²) >= 11 is 5.92. The van der Waals surface area contributed by atoms with Crippen molar-refractivity contribution >= 4 is 29.3 Å². The molecule has 2 aromatic carbocycles. The van der Waals surface area contributed by atoms with Crippen molar-refractivity contribution in [3.8, 4) is 11.3 Å². The summed E-state index contributed by atoms with van der Waals surface area (Å²) < 4.78 is 6.16. The van der Waals surface area contributed by atoms with Crippen LogP contribution < -0.4 is 5.32 Å². The molecule has 0 fully saturated rings. The lowest BCUT2D eigenvalue weighted by atomic mass is 10.1. The summed E-state index contributed by atoms with van der Waals surface area (Å²) in [6.07, 6.45) is 0. The Morgan fingerprint density at radius 1 is 1.11 bits per heavy atom. The third-order valence-corrected chi connectivity index (χ3v) is 4.29. The number of hydrogen-bond donors (Lipinski definition) is 2. The molecule has 7 nitrogen and oxygen atoms in total. The Kier molecular flexibility index (Phi) is 6.08. The molecule has 0 aliphatic rings. The van der Waals surface area contributed by atoms with E-state index in [1.54, 1.807) is 18.2 Å². The molecule has 1 aromatic heterocycles. The molecule has 1 heterocycles. The number of aliphatic hydroxyl groups is 1. The summed E-state index contributed by atoms with van der Waals surface area (Å²) in [6, 6.07) is 15.0. The molecule has 3 aromatic rings. The number of aliphatic hydroxyl groups excluding tert-OH is 1. The van der Waals surface area contributed by atoms with Gasteiger partial charge >= 0.3 is 5.97 Å². The molecule has 2 N–H and O–H groups in total. The zero-order valence-corrected chi connectivity index (χ0v) is 15.8. The van der Waals surface area contributed by atoms with Gasteiger partial charge in [0.1, 0.15) is 5.82 Å². The summed E-state index contributed by atoms with van der Waals surface area (Å²) in [7, 11) is 1.30. The Morgan fingerprint density at radius 2 is 1.75 bits per heavy atom. The van der Waals surface area contributed by atoms with E-state index in [4.69, 9.17) is 11.6 Å². The molecule has 0 radical (unpaired) electrons. The molecule has 8 heteroatoms. The Balaban J connectivity index is 1.83. The highest BCUT2D eigenvalue weighted by Gasteiger charge is 2.14. The van der Waals surface area contributed by atoms with Gasteiger partial charge in [0.2, 0.25) is 0 Å². The van der Waals surface area contributed by atoms with Gasteiger partial charge in [-0.05, 0) is 36.4 Å². The van der Waals surface area contributed by atoms with Crippen LogP contribution in [0, 0.1) is 0 Å². The van der Waals surface area contributed by atoms with Gasteiger partial charge in [-0.3, -0.25) is 4.79 Å². The largest absolute Gasteiger partial charge is 0.465 e. The van der Waals surface area contributed by atoms with E-state index >= 15 is 0 Å². The van der Waals surface area contributed by atoms with Crippen molar-refractivity contribution < 1.29 is 19.4 Å². The van der Waals surface area contributed by atoms with Gasteiger partial charge in [-0.15, -0.1) is 0 Å². The molecule has 0 atom stereocenters. The zero-order valence-electron chi connectivity index (χ0n) is 15.1. The maximum absolute atomic E-state index is 12.6. The summed E-state index contributed by atoms with van der Waals surface area (Å²) in [5.74, 6) is -0.389. The van der Waals surface area contributed by atoms with Crippen LogP contribution in [-0.2, 0) is 11.3 Å². The Hall–Kier alpha value is -3.16. The number of ether oxygens (including phenoxy) is 1. The molecular formula is C20H18ClN3O4. The van der Waals surface area contributed by atoms with Crippen molar-refractivity contribution in [2.45, 2.75) is 6.54 Å². The predicted octanol–water partition coefficient (Wildman–Crippen LogP) is 3.23. The van der Waals surface area contributed by atoms with Crippen LogP contribution in [0.15, 0.2) is 54.6 Å². The minimum absolute atomic E-state index is 0.127. The van der Waals surface area contributed by atoms with Crippen LogP contribution in [-0.4, -0.2) is 40.5 Å². The molecule has 0 aliphatic carbocycles. The van der Waals surface area contributed by atoms with Crippen molar-refractivity contribution in [2.24, 2.45) is 0 Å². The van der Waals surface area contributed by atoms with E-state index in [1.165, 1.54) is 36.1 Å². The lowest BCUT2D eigenvalue weighted by Crippen LogP contribution is -2.17. The number of methoxy groups -OCH3 is 1. The highest BCUT2D eigenvalue weighted by atomic mass is 35.5. The molecule has 0 saturated carbocycles. The topological polar surface area (TPSA) is 93.5 Å². The second-order valence-corrected chi connectivity index (χ2v) is 6.33. The third kappa shape index (κ3) is 4.39. The number of nitrogens with one attached hydrogen (secondary N) is 1. The van der Waals surface area contributed by atoms with Gasteiger partial charge < -0.3 is 15.2 Å². The lowest BCUT2D eigenvalue weighted by molar-refractivity contribution is 0.0600. The van der Waals surface area contributed by atoms with Crippen LogP contribution in [0.3, 0.4) is 0 Å². The van der Waals surface area contributed by atoms with Crippen molar-refractivity contribution in [1.82, 2.24) is 9.78 Å². The van der Waals surface area contributed by atoms with Crippen LogP contribution in [0.5, 0.6) is 0 Å². The number of anilines is 1. The molecule has 0 unspecified atom stereocenters. The lowest BCUT2D eigenvalue weighted by Gasteiger charge is -2.08. The van der Waals surface area contributed by atoms with Gasteiger partial charge in [0, 0.05) is 22.2 Å². The van der Waals surface area contributed by atoms with E-state index < -0.39 is 5.97 Å². The molecule has 3 rings (SSSR count). The molecule has 0 saturated heterocycles. The van der Waals surface area contributed by atoms with Crippen LogP contribution in [0.2, 0.25) is 5.02 Å². The summed E-state index contributed by atoms with van der Waals surface area (Å²) in [5.41, 5.74) is 2.20.